The predicted octanol–water partition coefficient (Wildman–Crippen LogP) is 5.63. The van der Waals surface area contributed by atoms with E-state index in [1.807, 2.05) is 18.4 Å². The number of carbonyl (C=O) groups is 1. The average molecular weight is 480 g/mol. The molecule has 0 aliphatic heterocycles. The Morgan fingerprint density at radius 3 is 2.37 bits per heavy atom. The van der Waals surface area contributed by atoms with Gasteiger partial charge in [0, 0.05) is 29.2 Å². The van der Waals surface area contributed by atoms with Gasteiger partial charge in [-0.25, -0.2) is 14.8 Å². The van der Waals surface area contributed by atoms with Gasteiger partial charge in [-0.05, 0) is 57.2 Å². The number of rotatable bonds is 7. The molecule has 0 bridgehead atoms. The summed E-state index contributed by atoms with van der Waals surface area (Å²) in [5.74, 6) is 2.00. The fourth-order valence-corrected chi connectivity index (χ4v) is 3.20. The van der Waals surface area contributed by atoms with Crippen molar-refractivity contribution in [3.05, 3.63) is 78.1 Å². The fraction of sp³-hybridized carbons (Fsp3) is 0.167. The summed E-state index contributed by atoms with van der Waals surface area (Å²) in [6, 6.07) is 13.6. The van der Waals surface area contributed by atoms with E-state index in [1.54, 1.807) is 49.6 Å². The number of amides is 2. The van der Waals surface area contributed by atoms with E-state index in [1.165, 1.54) is 18.2 Å². The molecule has 0 saturated heterocycles. The molecule has 2 aromatic carbocycles. The summed E-state index contributed by atoms with van der Waals surface area (Å²) in [5.41, 5.74) is 2.68. The minimum Gasteiger partial charge on any atom is -0.439 e. The van der Waals surface area contributed by atoms with Crippen LogP contribution in [0.4, 0.5) is 25.0 Å². The molecule has 35 heavy (non-hydrogen) atoms. The Morgan fingerprint density at radius 1 is 0.943 bits per heavy atom. The SMILES string of the molecule is Cc1nc(Oc2ccc(NC(=O)Nc3cccc(OC(F)F)c3)cc2)cc(-n2cnc(C)c2C)n1. The lowest BCUT2D eigenvalue weighted by Crippen LogP contribution is -2.19. The van der Waals surface area contributed by atoms with Crippen LogP contribution in [0.5, 0.6) is 17.4 Å². The second-order valence-corrected chi connectivity index (χ2v) is 7.51. The molecule has 0 aliphatic carbocycles. The number of nitrogens with zero attached hydrogens (tertiary/aromatic N) is 4. The van der Waals surface area contributed by atoms with Crippen molar-refractivity contribution in [3.8, 4) is 23.2 Å². The Bertz CT molecular complexity index is 1340. The fourth-order valence-electron chi connectivity index (χ4n) is 3.20. The molecule has 0 saturated carbocycles. The molecule has 0 atom stereocenters. The van der Waals surface area contributed by atoms with E-state index in [-0.39, 0.29) is 5.75 Å². The third kappa shape index (κ3) is 6.08. The monoisotopic (exact) mass is 480 g/mol. The van der Waals surface area contributed by atoms with Gasteiger partial charge in [0.1, 0.15) is 29.5 Å². The molecule has 0 aliphatic rings. The first-order chi connectivity index (χ1) is 16.8. The average Bonchev–Trinajstić information content (AvgIpc) is 3.13. The first-order valence-corrected chi connectivity index (χ1v) is 10.5. The third-order valence-corrected chi connectivity index (χ3v) is 4.95. The maximum Gasteiger partial charge on any atom is 0.387 e. The number of carbonyl (C=O) groups excluding carboxylic acids is 1. The van der Waals surface area contributed by atoms with Crippen LogP contribution in [0.25, 0.3) is 5.82 Å². The van der Waals surface area contributed by atoms with Crippen molar-refractivity contribution in [3.63, 3.8) is 0 Å². The Hall–Kier alpha value is -4.54. The van der Waals surface area contributed by atoms with Gasteiger partial charge in [-0.1, -0.05) is 6.07 Å². The first-order valence-electron chi connectivity index (χ1n) is 10.5. The molecule has 180 valence electrons. The lowest BCUT2D eigenvalue weighted by atomic mass is 10.3. The van der Waals surface area contributed by atoms with Gasteiger partial charge in [0.05, 0.1) is 5.69 Å². The van der Waals surface area contributed by atoms with Gasteiger partial charge in [-0.3, -0.25) is 4.57 Å². The molecule has 2 amide bonds. The number of aryl methyl sites for hydroxylation is 2. The van der Waals surface area contributed by atoms with Crippen LogP contribution in [-0.4, -0.2) is 32.2 Å². The quantitative estimate of drug-likeness (QED) is 0.356. The van der Waals surface area contributed by atoms with Crippen molar-refractivity contribution in [1.82, 2.24) is 19.5 Å². The van der Waals surface area contributed by atoms with E-state index >= 15 is 0 Å². The third-order valence-electron chi connectivity index (χ3n) is 4.95. The van der Waals surface area contributed by atoms with Crippen molar-refractivity contribution in [1.29, 1.82) is 0 Å². The zero-order chi connectivity index (χ0) is 24.9. The molecule has 0 unspecified atom stereocenters. The van der Waals surface area contributed by atoms with Crippen molar-refractivity contribution >= 4 is 17.4 Å². The van der Waals surface area contributed by atoms with Crippen LogP contribution in [0.1, 0.15) is 17.2 Å². The molecule has 11 heteroatoms. The number of ether oxygens (including phenoxy) is 2. The van der Waals surface area contributed by atoms with Gasteiger partial charge in [-0.15, -0.1) is 0 Å². The van der Waals surface area contributed by atoms with Gasteiger partial charge in [0.15, 0.2) is 0 Å². The normalized spacial score (nSPS) is 10.8. The minimum atomic E-state index is -2.95. The second kappa shape index (κ2) is 10.2. The van der Waals surface area contributed by atoms with E-state index < -0.39 is 12.6 Å². The number of hydrogen-bond acceptors (Lipinski definition) is 6. The molecular weight excluding hydrogens is 458 g/mol. The first kappa shape index (κ1) is 23.6. The Kier molecular flexibility index (Phi) is 6.86. The minimum absolute atomic E-state index is 0.0549. The van der Waals surface area contributed by atoms with Crippen LogP contribution >= 0.6 is 0 Å². The van der Waals surface area contributed by atoms with Crippen LogP contribution in [0, 0.1) is 20.8 Å². The highest BCUT2D eigenvalue weighted by molar-refractivity contribution is 5.99. The van der Waals surface area contributed by atoms with Crippen LogP contribution < -0.4 is 20.1 Å². The molecule has 2 heterocycles. The molecule has 0 fully saturated rings. The van der Waals surface area contributed by atoms with E-state index in [0.29, 0.717) is 34.6 Å². The lowest BCUT2D eigenvalue weighted by Gasteiger charge is -2.11. The zero-order valence-corrected chi connectivity index (χ0v) is 19.1. The van der Waals surface area contributed by atoms with Gasteiger partial charge in [0.2, 0.25) is 5.88 Å². The molecule has 0 radical (unpaired) electrons. The van der Waals surface area contributed by atoms with Crippen molar-refractivity contribution in [2.45, 2.75) is 27.4 Å². The Labute approximate surface area is 199 Å². The maximum atomic E-state index is 12.4. The Balaban J connectivity index is 1.40. The predicted molar refractivity (Wildman–Crippen MR) is 126 cm³/mol. The standard InChI is InChI=1S/C24H22F2N6O3/c1-14-15(2)32(13-27-14)21-12-22(29-16(3)28-21)34-19-9-7-17(8-10-19)30-24(33)31-18-5-4-6-20(11-18)35-23(25)26/h4-13,23H,1-3H3,(H2,30,31,33). The maximum absolute atomic E-state index is 12.4. The van der Waals surface area contributed by atoms with E-state index in [4.69, 9.17) is 4.74 Å². The highest BCUT2D eigenvalue weighted by atomic mass is 19.3. The molecule has 4 aromatic rings. The summed E-state index contributed by atoms with van der Waals surface area (Å²) in [6.45, 7) is 2.70. The van der Waals surface area contributed by atoms with Gasteiger partial charge in [-0.2, -0.15) is 13.8 Å². The van der Waals surface area contributed by atoms with E-state index in [2.05, 4.69) is 30.3 Å². The summed E-state index contributed by atoms with van der Waals surface area (Å²) in [6.07, 6.45) is 1.70. The van der Waals surface area contributed by atoms with Gasteiger partial charge < -0.3 is 20.1 Å². The van der Waals surface area contributed by atoms with Crippen LogP contribution in [-0.2, 0) is 0 Å². The lowest BCUT2D eigenvalue weighted by molar-refractivity contribution is -0.0498. The number of benzene rings is 2. The van der Waals surface area contributed by atoms with Crippen molar-refractivity contribution in [2.75, 3.05) is 10.6 Å². The van der Waals surface area contributed by atoms with Crippen LogP contribution in [0.2, 0.25) is 0 Å². The number of halogens is 2. The summed E-state index contributed by atoms with van der Waals surface area (Å²) >= 11 is 0. The van der Waals surface area contributed by atoms with Crippen molar-refractivity contribution < 1.29 is 23.0 Å². The summed E-state index contributed by atoms with van der Waals surface area (Å²) in [5, 5.41) is 5.22. The number of aromatic nitrogens is 4. The molecule has 9 nitrogen and oxygen atoms in total. The largest absolute Gasteiger partial charge is 0.439 e. The highest BCUT2D eigenvalue weighted by Crippen LogP contribution is 2.24. The number of nitrogens with one attached hydrogen (secondary N) is 2. The van der Waals surface area contributed by atoms with Gasteiger partial charge >= 0.3 is 12.6 Å². The Morgan fingerprint density at radius 2 is 1.69 bits per heavy atom. The molecule has 2 aromatic heterocycles. The van der Waals surface area contributed by atoms with Gasteiger partial charge in [0.25, 0.3) is 0 Å². The van der Waals surface area contributed by atoms with Crippen molar-refractivity contribution in [2.24, 2.45) is 0 Å². The molecule has 0 spiro atoms. The number of urea groups is 1. The summed E-state index contributed by atoms with van der Waals surface area (Å²) in [7, 11) is 0. The number of imidazole rings is 1. The molecular formula is C24H22F2N6O3. The molecule has 2 N–H and O–H groups in total. The number of alkyl halides is 2. The van der Waals surface area contributed by atoms with Crippen LogP contribution in [0.3, 0.4) is 0 Å². The van der Waals surface area contributed by atoms with E-state index in [0.717, 1.165) is 11.4 Å². The van der Waals surface area contributed by atoms with E-state index in [9.17, 15) is 13.6 Å². The second-order valence-electron chi connectivity index (χ2n) is 7.51. The number of hydrogen-bond donors (Lipinski definition) is 2. The summed E-state index contributed by atoms with van der Waals surface area (Å²) < 4.78 is 36.8. The van der Waals surface area contributed by atoms with Crippen LogP contribution in [0.15, 0.2) is 60.9 Å². The number of anilines is 2. The zero-order valence-electron chi connectivity index (χ0n) is 19.1. The topological polar surface area (TPSA) is 103 Å². The summed E-state index contributed by atoms with van der Waals surface area (Å²) in [4.78, 5) is 25.3. The smallest absolute Gasteiger partial charge is 0.387 e. The highest BCUT2D eigenvalue weighted by Gasteiger charge is 2.11. The molecule has 4 rings (SSSR count).